The molecule has 0 radical (unpaired) electrons. The molecule has 0 aromatic rings. The first-order valence-electron chi connectivity index (χ1n) is 5.47. The van der Waals surface area contributed by atoms with Crippen LogP contribution < -0.4 is 10.5 Å². The Bertz CT molecular complexity index is 253. The van der Waals surface area contributed by atoms with E-state index >= 15 is 0 Å². The molecule has 0 aliphatic carbocycles. The van der Waals surface area contributed by atoms with E-state index in [0.717, 1.165) is 0 Å². The monoisotopic (exact) mass is 236 g/mol. The summed E-state index contributed by atoms with van der Waals surface area (Å²) in [5, 5.41) is 0. The van der Waals surface area contributed by atoms with Crippen LogP contribution in [0.15, 0.2) is 0 Å². The zero-order chi connectivity index (χ0) is 12.1. The average Bonchev–Trinajstić information content (AvgIpc) is 2.01. The van der Waals surface area contributed by atoms with Gasteiger partial charge in [-0.25, -0.2) is 13.1 Å². The Morgan fingerprint density at radius 3 is 1.93 bits per heavy atom. The standard InChI is InChI=1S/C10H24N2O2S/c1-8(2)10(9(3)4)7-12-15(13,14)6-5-11/h8-10,12H,5-7,11H2,1-4H3. The van der Waals surface area contributed by atoms with Crippen LogP contribution in [0.5, 0.6) is 0 Å². The molecule has 0 aromatic heterocycles. The molecule has 0 aliphatic heterocycles. The van der Waals surface area contributed by atoms with Gasteiger partial charge in [0.05, 0.1) is 5.75 Å². The third-order valence-corrected chi connectivity index (χ3v) is 4.02. The summed E-state index contributed by atoms with van der Waals surface area (Å²) in [4.78, 5) is 0. The first-order valence-corrected chi connectivity index (χ1v) is 7.12. The van der Waals surface area contributed by atoms with Crippen molar-refractivity contribution in [2.24, 2.45) is 23.5 Å². The molecule has 0 unspecified atom stereocenters. The molecule has 0 fully saturated rings. The van der Waals surface area contributed by atoms with Crippen LogP contribution in [-0.2, 0) is 10.0 Å². The van der Waals surface area contributed by atoms with E-state index in [4.69, 9.17) is 5.73 Å². The van der Waals surface area contributed by atoms with Crippen LogP contribution in [-0.4, -0.2) is 27.3 Å². The van der Waals surface area contributed by atoms with E-state index in [1.807, 2.05) is 0 Å². The van der Waals surface area contributed by atoms with Gasteiger partial charge in [0.15, 0.2) is 0 Å². The van der Waals surface area contributed by atoms with Crippen LogP contribution in [0.2, 0.25) is 0 Å². The van der Waals surface area contributed by atoms with E-state index in [1.165, 1.54) is 0 Å². The molecular formula is C10H24N2O2S. The minimum Gasteiger partial charge on any atom is -0.329 e. The Kier molecular flexibility index (Phi) is 6.40. The summed E-state index contributed by atoms with van der Waals surface area (Å²) in [6.45, 7) is 9.13. The Labute approximate surface area is 93.7 Å². The molecule has 92 valence electrons. The molecular weight excluding hydrogens is 212 g/mol. The molecule has 3 N–H and O–H groups in total. The zero-order valence-corrected chi connectivity index (χ0v) is 11.0. The third kappa shape index (κ3) is 6.12. The molecule has 0 bridgehead atoms. The second-order valence-corrected chi connectivity index (χ2v) is 6.53. The quantitative estimate of drug-likeness (QED) is 0.686. The topological polar surface area (TPSA) is 72.2 Å². The second-order valence-electron chi connectivity index (χ2n) is 4.61. The van der Waals surface area contributed by atoms with Gasteiger partial charge in [0.25, 0.3) is 0 Å². The number of nitrogens with one attached hydrogen (secondary N) is 1. The number of rotatable bonds is 7. The smallest absolute Gasteiger partial charge is 0.212 e. The highest BCUT2D eigenvalue weighted by Crippen LogP contribution is 2.19. The van der Waals surface area contributed by atoms with Gasteiger partial charge in [-0.15, -0.1) is 0 Å². The fourth-order valence-electron chi connectivity index (χ4n) is 1.69. The van der Waals surface area contributed by atoms with Crippen molar-refractivity contribution in [3.05, 3.63) is 0 Å². The first kappa shape index (κ1) is 14.9. The average molecular weight is 236 g/mol. The van der Waals surface area contributed by atoms with E-state index in [0.29, 0.717) is 24.3 Å². The van der Waals surface area contributed by atoms with E-state index in [9.17, 15) is 8.42 Å². The molecule has 0 rings (SSSR count). The van der Waals surface area contributed by atoms with Crippen molar-refractivity contribution in [2.45, 2.75) is 27.7 Å². The fraction of sp³-hybridized carbons (Fsp3) is 1.00. The van der Waals surface area contributed by atoms with Crippen molar-refractivity contribution in [3.63, 3.8) is 0 Å². The van der Waals surface area contributed by atoms with Gasteiger partial charge in [-0.3, -0.25) is 0 Å². The summed E-state index contributed by atoms with van der Waals surface area (Å²) in [5.74, 6) is 1.34. The Morgan fingerprint density at radius 1 is 1.13 bits per heavy atom. The lowest BCUT2D eigenvalue weighted by atomic mass is 9.86. The van der Waals surface area contributed by atoms with Crippen LogP contribution in [0.1, 0.15) is 27.7 Å². The molecule has 0 amide bonds. The molecule has 5 heteroatoms. The molecule has 0 spiro atoms. The number of hydrogen-bond donors (Lipinski definition) is 2. The van der Waals surface area contributed by atoms with Crippen LogP contribution in [0, 0.1) is 17.8 Å². The minimum atomic E-state index is -3.17. The van der Waals surface area contributed by atoms with Crippen LogP contribution in [0.25, 0.3) is 0 Å². The molecule has 15 heavy (non-hydrogen) atoms. The van der Waals surface area contributed by atoms with E-state index in [1.54, 1.807) is 0 Å². The lowest BCUT2D eigenvalue weighted by molar-refractivity contribution is 0.289. The molecule has 0 saturated carbocycles. The first-order chi connectivity index (χ1) is 6.80. The van der Waals surface area contributed by atoms with Crippen molar-refractivity contribution in [3.8, 4) is 0 Å². The predicted molar refractivity (Wildman–Crippen MR) is 64.0 cm³/mol. The summed E-state index contributed by atoms with van der Waals surface area (Å²) >= 11 is 0. The maximum Gasteiger partial charge on any atom is 0.212 e. The molecule has 0 heterocycles. The molecule has 0 aliphatic rings. The fourth-order valence-corrected chi connectivity index (χ4v) is 2.59. The minimum absolute atomic E-state index is 0.00983. The van der Waals surface area contributed by atoms with Gasteiger partial charge in [-0.05, 0) is 17.8 Å². The third-order valence-electron chi connectivity index (χ3n) is 2.64. The van der Waals surface area contributed by atoms with Crippen LogP contribution >= 0.6 is 0 Å². The van der Waals surface area contributed by atoms with Gasteiger partial charge < -0.3 is 5.73 Å². The lowest BCUT2D eigenvalue weighted by Gasteiger charge is -2.24. The number of nitrogens with two attached hydrogens (primary N) is 1. The zero-order valence-electron chi connectivity index (χ0n) is 10.2. The van der Waals surface area contributed by atoms with Crippen LogP contribution in [0.4, 0.5) is 0 Å². The predicted octanol–water partition coefficient (Wildman–Crippen LogP) is 0.793. The largest absolute Gasteiger partial charge is 0.329 e. The Balaban J connectivity index is 4.22. The van der Waals surface area contributed by atoms with Crippen molar-refractivity contribution >= 4 is 10.0 Å². The van der Waals surface area contributed by atoms with E-state index < -0.39 is 10.0 Å². The van der Waals surface area contributed by atoms with Crippen molar-refractivity contribution < 1.29 is 8.42 Å². The summed E-state index contributed by atoms with van der Waals surface area (Å²) in [6, 6.07) is 0. The highest BCUT2D eigenvalue weighted by Gasteiger charge is 2.19. The molecule has 0 saturated heterocycles. The Hall–Kier alpha value is -0.130. The van der Waals surface area contributed by atoms with Crippen LogP contribution in [0.3, 0.4) is 0 Å². The maximum absolute atomic E-state index is 11.4. The summed E-state index contributed by atoms with van der Waals surface area (Å²) in [6.07, 6.45) is 0. The van der Waals surface area contributed by atoms with Crippen molar-refractivity contribution in [2.75, 3.05) is 18.8 Å². The summed E-state index contributed by atoms with van der Waals surface area (Å²) in [5.41, 5.74) is 5.22. The van der Waals surface area contributed by atoms with E-state index in [2.05, 4.69) is 32.4 Å². The maximum atomic E-state index is 11.4. The number of hydrogen-bond acceptors (Lipinski definition) is 3. The second kappa shape index (κ2) is 6.45. The molecule has 0 atom stereocenters. The summed E-state index contributed by atoms with van der Waals surface area (Å²) < 4.78 is 25.4. The van der Waals surface area contributed by atoms with Gasteiger partial charge in [0.1, 0.15) is 0 Å². The summed E-state index contributed by atoms with van der Waals surface area (Å²) in [7, 11) is -3.17. The normalized spacial score (nSPS) is 13.1. The number of sulfonamides is 1. The molecule has 0 aromatic carbocycles. The van der Waals surface area contributed by atoms with Gasteiger partial charge in [-0.2, -0.15) is 0 Å². The van der Waals surface area contributed by atoms with Gasteiger partial charge >= 0.3 is 0 Å². The highest BCUT2D eigenvalue weighted by molar-refractivity contribution is 7.89. The van der Waals surface area contributed by atoms with Gasteiger partial charge in [-0.1, -0.05) is 27.7 Å². The molecule has 4 nitrogen and oxygen atoms in total. The van der Waals surface area contributed by atoms with Crippen molar-refractivity contribution in [1.29, 1.82) is 0 Å². The highest BCUT2D eigenvalue weighted by atomic mass is 32.2. The van der Waals surface area contributed by atoms with Gasteiger partial charge in [0.2, 0.25) is 10.0 Å². The lowest BCUT2D eigenvalue weighted by Crippen LogP contribution is -2.36. The Morgan fingerprint density at radius 2 is 1.60 bits per heavy atom. The van der Waals surface area contributed by atoms with Gasteiger partial charge in [0, 0.05) is 13.1 Å². The van der Waals surface area contributed by atoms with E-state index in [-0.39, 0.29) is 12.3 Å². The SMILES string of the molecule is CC(C)C(CNS(=O)(=O)CCN)C(C)C. The van der Waals surface area contributed by atoms with Crippen molar-refractivity contribution in [1.82, 2.24) is 4.72 Å².